The molecule has 4 rings (SSSR count). The minimum atomic E-state index is 0.00445. The van der Waals surface area contributed by atoms with Gasteiger partial charge in [-0.1, -0.05) is 48.5 Å². The lowest BCUT2D eigenvalue weighted by Gasteiger charge is -2.34. The zero-order valence-corrected chi connectivity index (χ0v) is 21.2. The van der Waals surface area contributed by atoms with Gasteiger partial charge in [0.2, 0.25) is 0 Å². The highest BCUT2D eigenvalue weighted by Gasteiger charge is 2.18. The Labute approximate surface area is 209 Å². The van der Waals surface area contributed by atoms with Gasteiger partial charge in [-0.15, -0.1) is 0 Å². The average molecular weight is 470 g/mol. The summed E-state index contributed by atoms with van der Waals surface area (Å²) >= 11 is 0. The Morgan fingerprint density at radius 2 is 1.71 bits per heavy atom. The topological polar surface area (TPSA) is 36.0 Å². The van der Waals surface area contributed by atoms with Crippen molar-refractivity contribution < 1.29 is 9.53 Å². The number of carbonyl (C=O) groups excluding carboxylic acids is 1. The Morgan fingerprint density at radius 1 is 0.971 bits per heavy atom. The first kappa shape index (κ1) is 24.7. The lowest BCUT2D eigenvalue weighted by Crippen LogP contribution is -2.44. The van der Waals surface area contributed by atoms with E-state index in [0.29, 0.717) is 0 Å². The van der Waals surface area contributed by atoms with Gasteiger partial charge >= 0.3 is 0 Å². The number of anilines is 1. The van der Waals surface area contributed by atoms with Gasteiger partial charge in [0, 0.05) is 49.5 Å². The fourth-order valence-corrected chi connectivity index (χ4v) is 4.50. The largest absolute Gasteiger partial charge is 0.496 e. The summed E-state index contributed by atoms with van der Waals surface area (Å²) < 4.78 is 5.51. The number of allylic oxidation sites excluding steroid dienone is 1. The molecule has 0 bridgehead atoms. The van der Waals surface area contributed by atoms with E-state index in [9.17, 15) is 4.79 Å². The van der Waals surface area contributed by atoms with Crippen LogP contribution in [0.4, 0.5) is 5.69 Å². The van der Waals surface area contributed by atoms with Gasteiger partial charge < -0.3 is 19.4 Å². The number of carbonyl (C=O) groups is 1. The summed E-state index contributed by atoms with van der Waals surface area (Å²) in [6.45, 7) is 4.74. The van der Waals surface area contributed by atoms with Crippen molar-refractivity contribution in [2.45, 2.75) is 6.54 Å². The SMILES string of the molecule is COc1ccc(/C=C/C(=O)c2cc(N3CCN(C)CC3)ccc2-c2ccccc2)cc1CN(C)C. The number of hydrogen-bond acceptors (Lipinski definition) is 5. The maximum absolute atomic E-state index is 13.5. The van der Waals surface area contributed by atoms with Crippen LogP contribution >= 0.6 is 0 Å². The van der Waals surface area contributed by atoms with Crippen molar-refractivity contribution in [3.63, 3.8) is 0 Å². The van der Waals surface area contributed by atoms with E-state index in [2.05, 4.69) is 58.1 Å². The number of methoxy groups -OCH3 is 1. The van der Waals surface area contributed by atoms with Crippen LogP contribution in [0.15, 0.2) is 72.8 Å². The van der Waals surface area contributed by atoms with E-state index >= 15 is 0 Å². The van der Waals surface area contributed by atoms with E-state index in [1.165, 1.54) is 0 Å². The van der Waals surface area contributed by atoms with Crippen LogP contribution in [0.3, 0.4) is 0 Å². The zero-order valence-electron chi connectivity index (χ0n) is 21.2. The second-order valence-electron chi connectivity index (χ2n) is 9.39. The van der Waals surface area contributed by atoms with E-state index in [0.717, 1.165) is 72.0 Å². The molecule has 0 spiro atoms. The highest BCUT2D eigenvalue weighted by molar-refractivity contribution is 6.11. The highest BCUT2D eigenvalue weighted by atomic mass is 16.5. The van der Waals surface area contributed by atoms with Crippen LogP contribution < -0.4 is 9.64 Å². The van der Waals surface area contributed by atoms with E-state index in [-0.39, 0.29) is 5.78 Å². The van der Waals surface area contributed by atoms with Crippen LogP contribution in [0.2, 0.25) is 0 Å². The maximum Gasteiger partial charge on any atom is 0.186 e. The molecule has 3 aromatic carbocycles. The van der Waals surface area contributed by atoms with Gasteiger partial charge in [0.25, 0.3) is 0 Å². The van der Waals surface area contributed by atoms with E-state index in [1.807, 2.05) is 50.5 Å². The van der Waals surface area contributed by atoms with Crippen LogP contribution in [0.5, 0.6) is 5.75 Å². The Balaban J connectivity index is 1.65. The molecule has 35 heavy (non-hydrogen) atoms. The Morgan fingerprint density at radius 3 is 2.40 bits per heavy atom. The fourth-order valence-electron chi connectivity index (χ4n) is 4.50. The molecule has 0 saturated carbocycles. The molecule has 1 heterocycles. The first-order valence-electron chi connectivity index (χ1n) is 12.1. The molecule has 1 aliphatic rings. The van der Waals surface area contributed by atoms with E-state index < -0.39 is 0 Å². The van der Waals surface area contributed by atoms with Gasteiger partial charge in [0.1, 0.15) is 5.75 Å². The van der Waals surface area contributed by atoms with Gasteiger partial charge in [-0.25, -0.2) is 0 Å². The molecule has 0 amide bonds. The third-order valence-electron chi connectivity index (χ3n) is 6.44. The van der Waals surface area contributed by atoms with Crippen LogP contribution in [-0.4, -0.2) is 70.0 Å². The van der Waals surface area contributed by atoms with Gasteiger partial charge in [0.05, 0.1) is 7.11 Å². The smallest absolute Gasteiger partial charge is 0.186 e. The molecule has 0 unspecified atom stereocenters. The predicted octanol–water partition coefficient (Wildman–Crippen LogP) is 5.07. The molecule has 0 radical (unpaired) electrons. The number of likely N-dealkylation sites (N-methyl/N-ethyl adjacent to an activating group) is 1. The summed E-state index contributed by atoms with van der Waals surface area (Å²) in [5, 5.41) is 0. The molecule has 182 valence electrons. The lowest BCUT2D eigenvalue weighted by molar-refractivity contribution is 0.104. The monoisotopic (exact) mass is 469 g/mol. The quantitative estimate of drug-likeness (QED) is 0.340. The van der Waals surface area contributed by atoms with Crippen LogP contribution in [0.1, 0.15) is 21.5 Å². The number of rotatable bonds is 8. The molecule has 1 saturated heterocycles. The van der Waals surface area contributed by atoms with Gasteiger partial charge in [-0.3, -0.25) is 4.79 Å². The number of ketones is 1. The molecule has 0 aliphatic carbocycles. The van der Waals surface area contributed by atoms with Gasteiger partial charge in [-0.2, -0.15) is 0 Å². The average Bonchev–Trinajstić information content (AvgIpc) is 2.87. The number of benzene rings is 3. The predicted molar refractivity (Wildman–Crippen MR) is 145 cm³/mol. The van der Waals surface area contributed by atoms with Crippen molar-refractivity contribution in [1.82, 2.24) is 9.80 Å². The van der Waals surface area contributed by atoms with E-state index in [4.69, 9.17) is 4.74 Å². The zero-order chi connectivity index (χ0) is 24.8. The third-order valence-corrected chi connectivity index (χ3v) is 6.44. The molecule has 0 N–H and O–H groups in total. The molecule has 3 aromatic rings. The van der Waals surface area contributed by atoms with Crippen LogP contribution in [0.25, 0.3) is 17.2 Å². The van der Waals surface area contributed by atoms with E-state index in [1.54, 1.807) is 13.2 Å². The lowest BCUT2D eigenvalue weighted by atomic mass is 9.95. The second-order valence-corrected chi connectivity index (χ2v) is 9.39. The molecule has 5 nitrogen and oxygen atoms in total. The van der Waals surface area contributed by atoms with Crippen molar-refractivity contribution in [3.05, 3.63) is 89.5 Å². The molecule has 0 aromatic heterocycles. The fraction of sp³-hybridized carbons (Fsp3) is 0.300. The number of ether oxygens (including phenoxy) is 1. The number of nitrogens with zero attached hydrogens (tertiary/aromatic N) is 3. The number of hydrogen-bond donors (Lipinski definition) is 0. The van der Waals surface area contributed by atoms with Crippen molar-refractivity contribution in [1.29, 1.82) is 0 Å². The summed E-state index contributed by atoms with van der Waals surface area (Å²) in [6, 6.07) is 22.5. The third kappa shape index (κ3) is 6.18. The van der Waals surface area contributed by atoms with Crippen molar-refractivity contribution in [2.24, 2.45) is 0 Å². The summed E-state index contributed by atoms with van der Waals surface area (Å²) in [5.74, 6) is 0.859. The molecule has 1 fully saturated rings. The number of piperazine rings is 1. The summed E-state index contributed by atoms with van der Waals surface area (Å²) in [5.41, 5.74) is 5.91. The minimum Gasteiger partial charge on any atom is -0.496 e. The van der Waals surface area contributed by atoms with Crippen LogP contribution in [-0.2, 0) is 6.54 Å². The highest BCUT2D eigenvalue weighted by Crippen LogP contribution is 2.30. The molecule has 0 atom stereocenters. The molecular formula is C30H35N3O2. The first-order valence-corrected chi connectivity index (χ1v) is 12.1. The van der Waals surface area contributed by atoms with Crippen LogP contribution in [0, 0.1) is 0 Å². The van der Waals surface area contributed by atoms with Gasteiger partial charge in [-0.05, 0) is 68.2 Å². The Kier molecular flexibility index (Phi) is 8.01. The Hall–Kier alpha value is -3.41. The summed E-state index contributed by atoms with van der Waals surface area (Å²) in [6.07, 6.45) is 3.59. The Bertz CT molecular complexity index is 1180. The van der Waals surface area contributed by atoms with Crippen molar-refractivity contribution >= 4 is 17.5 Å². The van der Waals surface area contributed by atoms with Gasteiger partial charge in [0.15, 0.2) is 5.78 Å². The summed E-state index contributed by atoms with van der Waals surface area (Å²) in [7, 11) is 7.90. The summed E-state index contributed by atoms with van der Waals surface area (Å²) in [4.78, 5) is 20.3. The minimum absolute atomic E-state index is 0.00445. The first-order chi connectivity index (χ1) is 16.9. The molecule has 1 aliphatic heterocycles. The molecule has 5 heteroatoms. The maximum atomic E-state index is 13.5. The van der Waals surface area contributed by atoms with Crippen molar-refractivity contribution in [3.8, 4) is 16.9 Å². The van der Waals surface area contributed by atoms with Crippen molar-refractivity contribution in [2.75, 3.05) is 59.3 Å². The standard InChI is InChI=1S/C30H35N3O2/c1-31(2)22-25-20-23(11-15-30(25)35-4)10-14-29(34)28-21-26(33-18-16-32(3)17-19-33)12-13-27(28)24-8-6-5-7-9-24/h5-15,20-21H,16-19,22H2,1-4H3/b14-10+. The normalized spacial score (nSPS) is 14.6. The second kappa shape index (κ2) is 11.3. The molecular weight excluding hydrogens is 434 g/mol.